The highest BCUT2D eigenvalue weighted by Crippen LogP contribution is 2.40. The van der Waals surface area contributed by atoms with Crippen molar-refractivity contribution in [2.75, 3.05) is 5.32 Å². The van der Waals surface area contributed by atoms with Crippen LogP contribution in [0.3, 0.4) is 0 Å². The molecule has 24 heavy (non-hydrogen) atoms. The molecule has 0 saturated heterocycles. The molecule has 0 bridgehead atoms. The average molecular weight is 322 g/mol. The molecule has 2 heterocycles. The summed E-state index contributed by atoms with van der Waals surface area (Å²) in [6.45, 7) is 0. The molecular weight excluding hydrogens is 304 g/mol. The Kier molecular flexibility index (Phi) is 3.60. The van der Waals surface area contributed by atoms with Crippen molar-refractivity contribution in [1.29, 1.82) is 0 Å². The number of carbonyl (C=O) groups is 1. The zero-order valence-corrected chi connectivity index (χ0v) is 13.1. The number of aromatic nitrogens is 4. The normalized spacial score (nSPS) is 15.3. The maximum atomic E-state index is 11.9. The number of nitrogens with one attached hydrogen (secondary N) is 1. The maximum Gasteiger partial charge on any atom is 0.240 e. The fourth-order valence-corrected chi connectivity index (χ4v) is 2.79. The molecule has 1 atom stereocenters. The summed E-state index contributed by atoms with van der Waals surface area (Å²) < 4.78 is 1.65. The minimum atomic E-state index is -0.526. The van der Waals surface area contributed by atoms with Gasteiger partial charge in [0.15, 0.2) is 0 Å². The van der Waals surface area contributed by atoms with Gasteiger partial charge in [0.05, 0.1) is 11.4 Å². The number of carbonyl (C=O) groups excluding carboxylic acids is 1. The molecule has 2 aromatic heterocycles. The van der Waals surface area contributed by atoms with Crippen molar-refractivity contribution >= 4 is 17.2 Å². The van der Waals surface area contributed by atoms with Gasteiger partial charge in [-0.1, -0.05) is 30.3 Å². The molecule has 3 N–H and O–H groups in total. The summed E-state index contributed by atoms with van der Waals surface area (Å²) in [7, 11) is 0. The molecule has 0 spiro atoms. The van der Waals surface area contributed by atoms with E-state index in [0.717, 1.165) is 29.8 Å². The fourth-order valence-electron chi connectivity index (χ4n) is 2.79. The Hall–Kier alpha value is -2.96. The van der Waals surface area contributed by atoms with Crippen molar-refractivity contribution in [3.8, 4) is 0 Å². The zero-order valence-electron chi connectivity index (χ0n) is 13.1. The molecule has 4 rings (SSSR count). The number of fused-ring (bicyclic) bond motifs is 1. The maximum absolute atomic E-state index is 11.9. The lowest BCUT2D eigenvalue weighted by Gasteiger charge is -2.17. The van der Waals surface area contributed by atoms with E-state index >= 15 is 0 Å². The third-order valence-corrected chi connectivity index (χ3v) is 4.24. The first-order chi connectivity index (χ1) is 11.7. The molecule has 1 aliphatic carbocycles. The molecule has 0 aliphatic heterocycles. The highest BCUT2D eigenvalue weighted by atomic mass is 16.1. The van der Waals surface area contributed by atoms with Gasteiger partial charge >= 0.3 is 0 Å². The van der Waals surface area contributed by atoms with Crippen LogP contribution in [0.25, 0.3) is 5.65 Å². The van der Waals surface area contributed by atoms with E-state index in [1.54, 1.807) is 10.8 Å². The minimum absolute atomic E-state index is 0.402. The van der Waals surface area contributed by atoms with Crippen LogP contribution in [0.4, 0.5) is 5.69 Å². The summed E-state index contributed by atoms with van der Waals surface area (Å²) in [5, 5.41) is 15.8. The number of hydrogen-bond acceptors (Lipinski definition) is 5. The second kappa shape index (κ2) is 5.92. The number of primary amides is 1. The Labute approximate surface area is 138 Å². The summed E-state index contributed by atoms with van der Waals surface area (Å²) in [5.41, 5.74) is 8.98. The summed E-state index contributed by atoms with van der Waals surface area (Å²) in [6, 6.07) is 11.2. The van der Waals surface area contributed by atoms with E-state index in [9.17, 15) is 4.79 Å². The second-order valence-corrected chi connectivity index (χ2v) is 6.15. The van der Waals surface area contributed by atoms with Crippen LogP contribution in [0.1, 0.15) is 30.0 Å². The Balaban J connectivity index is 1.65. The lowest BCUT2D eigenvalue weighted by atomic mass is 10.1. The van der Waals surface area contributed by atoms with Gasteiger partial charge in [-0.2, -0.15) is 9.61 Å². The third-order valence-electron chi connectivity index (χ3n) is 4.24. The topological polar surface area (TPSA) is 98.2 Å². The van der Waals surface area contributed by atoms with Crippen molar-refractivity contribution in [2.24, 2.45) is 5.73 Å². The number of nitrogens with zero attached hydrogens (tertiary/aromatic N) is 4. The van der Waals surface area contributed by atoms with Crippen molar-refractivity contribution in [3.63, 3.8) is 0 Å². The second-order valence-electron chi connectivity index (χ2n) is 6.15. The lowest BCUT2D eigenvalue weighted by molar-refractivity contribution is -0.118. The number of nitrogens with two attached hydrogens (primary N) is 1. The largest absolute Gasteiger partial charge is 0.370 e. The molecule has 7 nitrogen and oxygen atoms in total. The molecule has 0 unspecified atom stereocenters. The van der Waals surface area contributed by atoms with Crippen LogP contribution in [0, 0.1) is 0 Å². The number of anilines is 1. The summed E-state index contributed by atoms with van der Waals surface area (Å²) in [4.78, 5) is 11.9. The molecule has 1 fully saturated rings. The molecular formula is C17H18N6O. The summed E-state index contributed by atoms with van der Waals surface area (Å²) in [6.07, 6.45) is 4.37. The predicted octanol–water partition coefficient (Wildman–Crippen LogP) is 1.51. The van der Waals surface area contributed by atoms with Crippen molar-refractivity contribution < 1.29 is 4.79 Å². The van der Waals surface area contributed by atoms with Gasteiger partial charge < -0.3 is 11.1 Å². The predicted molar refractivity (Wildman–Crippen MR) is 89.5 cm³/mol. The first kappa shape index (κ1) is 14.6. The Morgan fingerprint density at radius 3 is 2.83 bits per heavy atom. The Morgan fingerprint density at radius 2 is 2.12 bits per heavy atom. The molecule has 1 aromatic carbocycles. The van der Waals surface area contributed by atoms with Crippen LogP contribution >= 0.6 is 0 Å². The molecule has 0 radical (unpaired) electrons. The van der Waals surface area contributed by atoms with Crippen LogP contribution < -0.4 is 11.1 Å². The van der Waals surface area contributed by atoms with Crippen LogP contribution in [-0.2, 0) is 11.2 Å². The van der Waals surface area contributed by atoms with Crippen molar-refractivity contribution in [3.05, 3.63) is 54.0 Å². The molecule has 1 aliphatic rings. The van der Waals surface area contributed by atoms with Gasteiger partial charge in [0.1, 0.15) is 12.4 Å². The third kappa shape index (κ3) is 2.92. The van der Waals surface area contributed by atoms with Crippen LogP contribution in [0.15, 0.2) is 42.7 Å². The standard InChI is InChI=1S/C17H18N6O/c18-16(24)14(8-11-4-2-1-3-5-11)20-15-9-13(12-6-7-12)22-23-10-19-21-17(15)23/h1-5,9-10,12,14,20H,6-8H2,(H2,18,24)/t14-/m0/s1. The summed E-state index contributed by atoms with van der Waals surface area (Å²) >= 11 is 0. The van der Waals surface area contributed by atoms with Gasteiger partial charge in [-0.15, -0.1) is 10.2 Å². The van der Waals surface area contributed by atoms with E-state index in [1.165, 1.54) is 0 Å². The summed E-state index contributed by atoms with van der Waals surface area (Å²) in [5.74, 6) is 0.0832. The van der Waals surface area contributed by atoms with Gasteiger partial charge in [0.2, 0.25) is 11.6 Å². The molecule has 122 valence electrons. The quantitative estimate of drug-likeness (QED) is 0.717. The van der Waals surface area contributed by atoms with E-state index in [-0.39, 0.29) is 0 Å². The number of benzene rings is 1. The van der Waals surface area contributed by atoms with Crippen molar-refractivity contribution in [1.82, 2.24) is 19.8 Å². The van der Waals surface area contributed by atoms with Crippen LogP contribution in [-0.4, -0.2) is 31.8 Å². The SMILES string of the molecule is NC(=O)[C@H](Cc1ccccc1)Nc1cc(C2CC2)nn2cnnc12. The zero-order chi connectivity index (χ0) is 16.5. The monoisotopic (exact) mass is 322 g/mol. The van der Waals surface area contributed by atoms with Gasteiger partial charge in [-0.3, -0.25) is 4.79 Å². The van der Waals surface area contributed by atoms with Gasteiger partial charge in [-0.05, 0) is 24.5 Å². The van der Waals surface area contributed by atoms with Crippen molar-refractivity contribution in [2.45, 2.75) is 31.2 Å². The van der Waals surface area contributed by atoms with E-state index in [1.807, 2.05) is 36.4 Å². The smallest absolute Gasteiger partial charge is 0.240 e. The minimum Gasteiger partial charge on any atom is -0.370 e. The molecule has 1 amide bonds. The van der Waals surface area contributed by atoms with E-state index < -0.39 is 11.9 Å². The first-order valence-electron chi connectivity index (χ1n) is 8.01. The van der Waals surface area contributed by atoms with E-state index in [4.69, 9.17) is 5.73 Å². The molecule has 1 saturated carbocycles. The molecule has 3 aromatic rings. The highest BCUT2D eigenvalue weighted by Gasteiger charge is 2.27. The van der Waals surface area contributed by atoms with Crippen LogP contribution in [0.5, 0.6) is 0 Å². The average Bonchev–Trinajstić information content (AvgIpc) is 3.33. The fraction of sp³-hybridized carbons (Fsp3) is 0.294. The van der Waals surface area contributed by atoms with Gasteiger partial charge in [0, 0.05) is 12.3 Å². The molecule has 7 heteroatoms. The highest BCUT2D eigenvalue weighted by molar-refractivity contribution is 5.85. The van der Waals surface area contributed by atoms with Crippen LogP contribution in [0.2, 0.25) is 0 Å². The Bertz CT molecular complexity index is 871. The number of rotatable bonds is 6. The first-order valence-corrected chi connectivity index (χ1v) is 8.01. The Morgan fingerprint density at radius 1 is 1.33 bits per heavy atom. The van der Waals surface area contributed by atoms with E-state index in [2.05, 4.69) is 20.6 Å². The van der Waals surface area contributed by atoms with Gasteiger partial charge in [-0.25, -0.2) is 0 Å². The van der Waals surface area contributed by atoms with Gasteiger partial charge in [0.25, 0.3) is 0 Å². The number of hydrogen-bond donors (Lipinski definition) is 2. The number of amides is 1. The van der Waals surface area contributed by atoms with E-state index in [0.29, 0.717) is 18.0 Å². The lowest BCUT2D eigenvalue weighted by Crippen LogP contribution is -2.37.